The smallest absolute Gasteiger partial charge is 0.168 e. The zero-order valence-electron chi connectivity index (χ0n) is 16.8. The molecule has 0 amide bonds. The Hall–Kier alpha value is -2.73. The number of Topliss-reactive ketones (excluding diaryl/α,β-unsaturated/α-hetero) is 1. The van der Waals surface area contributed by atoms with Crippen molar-refractivity contribution in [3.63, 3.8) is 0 Å². The molecule has 0 heterocycles. The van der Waals surface area contributed by atoms with Crippen LogP contribution in [0.3, 0.4) is 0 Å². The number of allylic oxidation sites excluding steroid dienone is 1. The topological polar surface area (TPSA) is 50.4 Å². The molecule has 0 bridgehead atoms. The first-order valence-electron chi connectivity index (χ1n) is 9.47. The summed E-state index contributed by atoms with van der Waals surface area (Å²) in [6.07, 6.45) is 1.15. The number of nitrogens with one attached hydrogen (secondary N) is 2. The lowest BCUT2D eigenvalue weighted by molar-refractivity contribution is -0.117. The third-order valence-corrected chi connectivity index (χ3v) is 5.18. The van der Waals surface area contributed by atoms with E-state index < -0.39 is 0 Å². The third-order valence-electron chi connectivity index (χ3n) is 4.87. The van der Waals surface area contributed by atoms with E-state index in [2.05, 4.69) is 24.5 Å². The number of ketones is 1. The Bertz CT molecular complexity index is 934. The van der Waals surface area contributed by atoms with E-state index in [-0.39, 0.29) is 17.0 Å². The van der Waals surface area contributed by atoms with Gasteiger partial charge in [-0.15, -0.1) is 0 Å². The number of methoxy groups -OCH3 is 1. The van der Waals surface area contributed by atoms with Gasteiger partial charge in [0.1, 0.15) is 16.6 Å². The monoisotopic (exact) mass is 412 g/mol. The number of thiocarbonyl (C=S) groups is 1. The molecule has 0 atom stereocenters. The lowest BCUT2D eigenvalue weighted by Gasteiger charge is -2.33. The number of rotatable bonds is 6. The van der Waals surface area contributed by atoms with Crippen molar-refractivity contribution in [1.29, 1.82) is 0 Å². The zero-order valence-corrected chi connectivity index (χ0v) is 17.7. The number of anilines is 1. The van der Waals surface area contributed by atoms with Crippen molar-refractivity contribution in [3.05, 3.63) is 71.2 Å². The van der Waals surface area contributed by atoms with Crippen molar-refractivity contribution in [1.82, 2.24) is 5.32 Å². The molecule has 0 unspecified atom stereocenters. The molecule has 0 aliphatic heterocycles. The lowest BCUT2D eigenvalue weighted by atomic mass is 9.75. The number of hydrogen-bond donors (Lipinski definition) is 2. The molecule has 2 N–H and O–H groups in total. The molecule has 6 heteroatoms. The van der Waals surface area contributed by atoms with E-state index in [0.717, 1.165) is 23.4 Å². The van der Waals surface area contributed by atoms with Crippen molar-refractivity contribution >= 4 is 28.7 Å². The highest BCUT2D eigenvalue weighted by Gasteiger charge is 2.34. The maximum Gasteiger partial charge on any atom is 0.168 e. The summed E-state index contributed by atoms with van der Waals surface area (Å²) in [7, 11) is 1.63. The van der Waals surface area contributed by atoms with Crippen LogP contribution in [0.15, 0.2) is 59.8 Å². The summed E-state index contributed by atoms with van der Waals surface area (Å²) < 4.78 is 18.3. The predicted octanol–water partition coefficient (Wildman–Crippen LogP) is 5.01. The average molecular weight is 413 g/mol. The van der Waals surface area contributed by atoms with E-state index >= 15 is 0 Å². The number of carbonyl (C=O) groups excluding carboxylic acids is 1. The summed E-state index contributed by atoms with van der Waals surface area (Å²) in [5.74, 6) is 0.489. The molecule has 2 aromatic rings. The van der Waals surface area contributed by atoms with Gasteiger partial charge in [-0.1, -0.05) is 38.2 Å². The normalized spacial score (nSPS) is 15.8. The van der Waals surface area contributed by atoms with E-state index in [0.29, 0.717) is 29.2 Å². The molecule has 0 saturated heterocycles. The van der Waals surface area contributed by atoms with Crippen molar-refractivity contribution in [2.24, 2.45) is 5.41 Å². The summed E-state index contributed by atoms with van der Waals surface area (Å²) in [5.41, 5.74) is 2.93. The van der Waals surface area contributed by atoms with E-state index in [9.17, 15) is 9.18 Å². The molecular formula is C23H25FN2O2S. The molecule has 1 aliphatic carbocycles. The first-order valence-corrected chi connectivity index (χ1v) is 9.88. The molecule has 152 valence electrons. The van der Waals surface area contributed by atoms with Gasteiger partial charge in [0.15, 0.2) is 5.78 Å². The highest BCUT2D eigenvalue weighted by atomic mass is 32.1. The van der Waals surface area contributed by atoms with Crippen LogP contribution < -0.4 is 15.4 Å². The minimum absolute atomic E-state index is 0.0121. The first kappa shape index (κ1) is 21.0. The number of carbonyl (C=O) groups is 1. The Labute approximate surface area is 176 Å². The van der Waals surface area contributed by atoms with Gasteiger partial charge in [-0.3, -0.25) is 4.79 Å². The summed E-state index contributed by atoms with van der Waals surface area (Å²) in [6, 6.07) is 13.7. The SMILES string of the molecule is COc1ccc(CNC2=C(C(=S)Nc3ccc(F)cc3)C(=O)CC(C)(C)C2)cc1. The predicted molar refractivity (Wildman–Crippen MR) is 118 cm³/mol. The van der Waals surface area contributed by atoms with Crippen LogP contribution >= 0.6 is 12.2 Å². The molecule has 1 aliphatic rings. The Morgan fingerprint density at radius 3 is 2.38 bits per heavy atom. The molecule has 2 aromatic carbocycles. The van der Waals surface area contributed by atoms with Gasteiger partial charge in [-0.25, -0.2) is 4.39 Å². The second-order valence-electron chi connectivity index (χ2n) is 7.96. The van der Waals surface area contributed by atoms with Crippen molar-refractivity contribution in [2.45, 2.75) is 33.2 Å². The molecule has 0 spiro atoms. The summed E-state index contributed by atoms with van der Waals surface area (Å²) in [4.78, 5) is 13.3. The quantitative estimate of drug-likeness (QED) is 0.654. The average Bonchev–Trinajstić information content (AvgIpc) is 2.67. The Balaban J connectivity index is 1.82. The van der Waals surface area contributed by atoms with Gasteiger partial charge < -0.3 is 15.4 Å². The maximum atomic E-state index is 13.2. The molecule has 0 fully saturated rings. The Kier molecular flexibility index (Phi) is 6.33. The van der Waals surface area contributed by atoms with Crippen LogP contribution in [-0.4, -0.2) is 17.9 Å². The van der Waals surface area contributed by atoms with Crippen LogP contribution in [0.25, 0.3) is 0 Å². The van der Waals surface area contributed by atoms with Crippen LogP contribution in [0.1, 0.15) is 32.3 Å². The molecule has 0 saturated carbocycles. The maximum absolute atomic E-state index is 13.2. The van der Waals surface area contributed by atoms with Crippen molar-refractivity contribution < 1.29 is 13.9 Å². The first-order chi connectivity index (χ1) is 13.8. The van der Waals surface area contributed by atoms with E-state index in [1.54, 1.807) is 19.2 Å². The van der Waals surface area contributed by atoms with E-state index in [1.165, 1.54) is 12.1 Å². The fourth-order valence-electron chi connectivity index (χ4n) is 3.41. The van der Waals surface area contributed by atoms with Crippen molar-refractivity contribution in [2.75, 3.05) is 12.4 Å². The summed E-state index contributed by atoms with van der Waals surface area (Å²) in [6.45, 7) is 4.73. The van der Waals surface area contributed by atoms with Gasteiger partial charge in [-0.05, 0) is 53.8 Å². The Morgan fingerprint density at radius 2 is 1.76 bits per heavy atom. The van der Waals surface area contributed by atoms with Gasteiger partial charge in [-0.2, -0.15) is 0 Å². The Morgan fingerprint density at radius 1 is 1.10 bits per heavy atom. The number of halogens is 1. The molecule has 0 aromatic heterocycles. The van der Waals surface area contributed by atoms with Gasteiger partial charge in [0.25, 0.3) is 0 Å². The van der Waals surface area contributed by atoms with Crippen LogP contribution in [0.2, 0.25) is 0 Å². The van der Waals surface area contributed by atoms with Gasteiger partial charge in [0.05, 0.1) is 12.7 Å². The molecule has 29 heavy (non-hydrogen) atoms. The van der Waals surface area contributed by atoms with Crippen LogP contribution in [0, 0.1) is 11.2 Å². The number of ether oxygens (including phenoxy) is 1. The zero-order chi connectivity index (χ0) is 21.0. The fraction of sp³-hybridized carbons (Fsp3) is 0.304. The standard InChI is InChI=1S/C23H25FN2O2S/c1-23(2)12-19(25-14-15-4-10-18(28-3)11-5-15)21(20(27)13-23)22(29)26-17-8-6-16(24)7-9-17/h4-11,25H,12-14H2,1-3H3,(H,26,29). The fourth-order valence-corrected chi connectivity index (χ4v) is 3.77. The van der Waals surface area contributed by atoms with E-state index in [4.69, 9.17) is 17.0 Å². The summed E-state index contributed by atoms with van der Waals surface area (Å²) >= 11 is 5.54. The largest absolute Gasteiger partial charge is 0.497 e. The molecule has 0 radical (unpaired) electrons. The molecular weight excluding hydrogens is 387 g/mol. The van der Waals surface area contributed by atoms with Gasteiger partial charge in [0.2, 0.25) is 0 Å². The second-order valence-corrected chi connectivity index (χ2v) is 8.37. The highest BCUT2D eigenvalue weighted by Crippen LogP contribution is 2.36. The van der Waals surface area contributed by atoms with Crippen molar-refractivity contribution in [3.8, 4) is 5.75 Å². The van der Waals surface area contributed by atoms with Crippen LogP contribution in [0.5, 0.6) is 5.75 Å². The number of hydrogen-bond acceptors (Lipinski definition) is 4. The summed E-state index contributed by atoms with van der Waals surface area (Å²) in [5, 5.41) is 6.49. The van der Waals surface area contributed by atoms with E-state index in [1.807, 2.05) is 24.3 Å². The minimum Gasteiger partial charge on any atom is -0.497 e. The number of benzene rings is 2. The molecule has 4 nitrogen and oxygen atoms in total. The minimum atomic E-state index is -0.321. The second kappa shape index (κ2) is 8.74. The van der Waals surface area contributed by atoms with Crippen LogP contribution in [0.4, 0.5) is 10.1 Å². The van der Waals surface area contributed by atoms with Gasteiger partial charge in [0, 0.05) is 24.4 Å². The highest BCUT2D eigenvalue weighted by molar-refractivity contribution is 7.81. The lowest BCUT2D eigenvalue weighted by Crippen LogP contribution is -2.35. The van der Waals surface area contributed by atoms with Crippen LogP contribution in [-0.2, 0) is 11.3 Å². The third kappa shape index (κ3) is 5.41. The molecule has 3 rings (SSSR count). The van der Waals surface area contributed by atoms with Gasteiger partial charge >= 0.3 is 0 Å².